The van der Waals surface area contributed by atoms with Crippen LogP contribution in [0.25, 0.3) is 10.2 Å². The molecule has 174 valence electrons. The highest BCUT2D eigenvalue weighted by atomic mass is 32.2. The van der Waals surface area contributed by atoms with Gasteiger partial charge in [-0.05, 0) is 65.7 Å². The molecule has 4 aromatic rings. The Morgan fingerprint density at radius 1 is 1.06 bits per heavy atom. The third-order valence-corrected chi connectivity index (χ3v) is 7.45. The Balaban J connectivity index is 1.18. The zero-order chi connectivity index (χ0) is 23.5. The van der Waals surface area contributed by atoms with Crippen LogP contribution in [0.1, 0.15) is 23.2 Å². The number of thioether (sulfide) groups is 1. The van der Waals surface area contributed by atoms with Gasteiger partial charge in [0.1, 0.15) is 0 Å². The lowest BCUT2D eigenvalue weighted by Gasteiger charge is -2.11. The standard InChI is InChI=1S/C22H22N8O2S2/c1-29-22(26-27-28-29)33-13-19(31)23-15-6-4-14(5-7-15)20(32)24-16-8-9-17-18(12-16)34-21(25-17)30-10-2-3-11-30/h4-9,12H,2-3,10-11,13H2,1H3,(H,23,31)(H,24,32). The van der Waals surface area contributed by atoms with E-state index in [0.29, 0.717) is 16.4 Å². The van der Waals surface area contributed by atoms with Crippen LogP contribution >= 0.6 is 23.1 Å². The Hall–Kier alpha value is -3.51. The number of hydrogen-bond donors (Lipinski definition) is 2. The van der Waals surface area contributed by atoms with Gasteiger partial charge in [-0.1, -0.05) is 23.1 Å². The second-order valence-electron chi connectivity index (χ2n) is 7.83. The molecule has 0 spiro atoms. The zero-order valence-corrected chi connectivity index (χ0v) is 20.0. The Morgan fingerprint density at radius 2 is 1.82 bits per heavy atom. The van der Waals surface area contributed by atoms with E-state index in [-0.39, 0.29) is 17.6 Å². The fraction of sp³-hybridized carbons (Fsp3) is 0.273. The van der Waals surface area contributed by atoms with Crippen LogP contribution in [0.3, 0.4) is 0 Å². The molecular weight excluding hydrogens is 472 g/mol. The van der Waals surface area contributed by atoms with Gasteiger partial charge in [-0.15, -0.1) is 5.10 Å². The second kappa shape index (κ2) is 9.77. The van der Waals surface area contributed by atoms with Crippen molar-refractivity contribution < 1.29 is 9.59 Å². The summed E-state index contributed by atoms with van der Waals surface area (Å²) in [7, 11) is 1.71. The van der Waals surface area contributed by atoms with Crippen molar-refractivity contribution in [3.8, 4) is 0 Å². The van der Waals surface area contributed by atoms with E-state index >= 15 is 0 Å². The van der Waals surface area contributed by atoms with Gasteiger partial charge in [0, 0.05) is 37.1 Å². The van der Waals surface area contributed by atoms with Gasteiger partial charge >= 0.3 is 0 Å². The van der Waals surface area contributed by atoms with Crippen molar-refractivity contribution in [2.24, 2.45) is 7.05 Å². The third-order valence-electron chi connectivity index (χ3n) is 5.36. The Kier molecular flexibility index (Phi) is 6.41. The van der Waals surface area contributed by atoms with Crippen LogP contribution in [0.15, 0.2) is 47.6 Å². The van der Waals surface area contributed by atoms with Crippen LogP contribution in [-0.2, 0) is 11.8 Å². The number of amides is 2. The number of aryl methyl sites for hydroxylation is 1. The van der Waals surface area contributed by atoms with Crippen LogP contribution in [0.2, 0.25) is 0 Å². The highest BCUT2D eigenvalue weighted by Gasteiger charge is 2.17. The smallest absolute Gasteiger partial charge is 0.255 e. The maximum atomic E-state index is 12.7. The fourth-order valence-electron chi connectivity index (χ4n) is 3.61. The molecule has 2 amide bonds. The number of tetrazole rings is 1. The molecule has 2 N–H and O–H groups in total. The second-order valence-corrected chi connectivity index (χ2v) is 9.78. The highest BCUT2D eigenvalue weighted by molar-refractivity contribution is 7.99. The van der Waals surface area contributed by atoms with Crippen molar-refractivity contribution in [3.63, 3.8) is 0 Å². The quantitative estimate of drug-likeness (QED) is 0.375. The summed E-state index contributed by atoms with van der Waals surface area (Å²) in [4.78, 5) is 31.9. The van der Waals surface area contributed by atoms with E-state index in [1.165, 1.54) is 29.3 Å². The Morgan fingerprint density at radius 3 is 2.56 bits per heavy atom. The first-order valence-electron chi connectivity index (χ1n) is 10.8. The van der Waals surface area contributed by atoms with Gasteiger partial charge in [0.2, 0.25) is 11.1 Å². The lowest BCUT2D eigenvalue weighted by molar-refractivity contribution is -0.113. The minimum atomic E-state index is -0.216. The molecule has 2 aromatic heterocycles. The summed E-state index contributed by atoms with van der Waals surface area (Å²) < 4.78 is 2.55. The monoisotopic (exact) mass is 494 g/mol. The number of fused-ring (bicyclic) bond motifs is 1. The lowest BCUT2D eigenvalue weighted by Crippen LogP contribution is -2.16. The highest BCUT2D eigenvalue weighted by Crippen LogP contribution is 2.32. The van der Waals surface area contributed by atoms with E-state index in [1.807, 2.05) is 18.2 Å². The summed E-state index contributed by atoms with van der Waals surface area (Å²) in [5.41, 5.74) is 2.78. The summed E-state index contributed by atoms with van der Waals surface area (Å²) in [6, 6.07) is 12.5. The number of hydrogen-bond acceptors (Lipinski definition) is 9. The molecule has 1 aliphatic heterocycles. The number of thiazole rings is 1. The van der Waals surface area contributed by atoms with Crippen molar-refractivity contribution in [2.45, 2.75) is 18.0 Å². The van der Waals surface area contributed by atoms with Gasteiger partial charge in [0.05, 0.1) is 16.0 Å². The van der Waals surface area contributed by atoms with E-state index in [9.17, 15) is 9.59 Å². The van der Waals surface area contributed by atoms with E-state index in [0.717, 1.165) is 34.1 Å². The predicted octanol–water partition coefficient (Wildman–Crippen LogP) is 3.40. The van der Waals surface area contributed by atoms with Gasteiger partial charge in [-0.25, -0.2) is 9.67 Å². The van der Waals surface area contributed by atoms with Gasteiger partial charge in [-0.3, -0.25) is 9.59 Å². The molecule has 1 aliphatic rings. The van der Waals surface area contributed by atoms with Crippen LogP contribution in [0.4, 0.5) is 16.5 Å². The van der Waals surface area contributed by atoms with Gasteiger partial charge in [0.15, 0.2) is 5.13 Å². The van der Waals surface area contributed by atoms with Crippen molar-refractivity contribution in [3.05, 3.63) is 48.0 Å². The normalized spacial score (nSPS) is 13.4. The number of nitrogens with one attached hydrogen (secondary N) is 2. The molecule has 34 heavy (non-hydrogen) atoms. The van der Waals surface area contributed by atoms with E-state index in [4.69, 9.17) is 4.98 Å². The predicted molar refractivity (Wildman–Crippen MR) is 134 cm³/mol. The molecule has 10 nitrogen and oxygen atoms in total. The first kappa shape index (κ1) is 22.3. The Bertz CT molecular complexity index is 1330. The summed E-state index contributed by atoms with van der Waals surface area (Å²) >= 11 is 2.90. The molecule has 3 heterocycles. The fourth-order valence-corrected chi connectivity index (χ4v) is 5.32. The van der Waals surface area contributed by atoms with E-state index < -0.39 is 0 Å². The third kappa shape index (κ3) is 5.02. The number of nitrogens with zero attached hydrogens (tertiary/aromatic N) is 6. The molecule has 0 saturated carbocycles. The topological polar surface area (TPSA) is 118 Å². The number of anilines is 3. The molecule has 0 atom stereocenters. The number of carbonyl (C=O) groups excluding carboxylic acids is 2. The maximum Gasteiger partial charge on any atom is 0.255 e. The van der Waals surface area contributed by atoms with E-state index in [2.05, 4.69) is 31.1 Å². The number of benzene rings is 2. The summed E-state index contributed by atoms with van der Waals surface area (Å²) in [5, 5.41) is 18.5. The van der Waals surface area contributed by atoms with Gasteiger partial charge in [-0.2, -0.15) is 0 Å². The molecule has 5 rings (SSSR count). The molecule has 12 heteroatoms. The summed E-state index contributed by atoms with van der Waals surface area (Å²) in [6.07, 6.45) is 2.42. The Labute approximate surface area is 203 Å². The summed E-state index contributed by atoms with van der Waals surface area (Å²) in [5.74, 6) is -0.223. The first-order chi connectivity index (χ1) is 16.5. The minimum absolute atomic E-state index is 0.177. The largest absolute Gasteiger partial charge is 0.348 e. The molecule has 0 aliphatic carbocycles. The molecule has 1 saturated heterocycles. The molecule has 1 fully saturated rings. The average Bonchev–Trinajstić information content (AvgIpc) is 3.59. The lowest BCUT2D eigenvalue weighted by atomic mass is 10.2. The molecule has 0 radical (unpaired) electrons. The molecular formula is C22H22N8O2S2. The minimum Gasteiger partial charge on any atom is -0.348 e. The van der Waals surface area contributed by atoms with Crippen molar-refractivity contribution >= 4 is 61.6 Å². The SMILES string of the molecule is Cn1nnnc1SCC(=O)Nc1ccc(C(=O)Nc2ccc3nc(N4CCCC4)sc3c2)cc1. The van der Waals surface area contributed by atoms with Gasteiger partial charge in [0.25, 0.3) is 5.91 Å². The maximum absolute atomic E-state index is 12.7. The van der Waals surface area contributed by atoms with Crippen LogP contribution < -0.4 is 15.5 Å². The first-order valence-corrected chi connectivity index (χ1v) is 12.6. The van der Waals surface area contributed by atoms with Crippen LogP contribution in [0.5, 0.6) is 0 Å². The number of rotatable bonds is 7. The molecule has 0 bridgehead atoms. The van der Waals surface area contributed by atoms with Crippen molar-refractivity contribution in [2.75, 3.05) is 34.4 Å². The number of aromatic nitrogens is 5. The molecule has 2 aromatic carbocycles. The van der Waals surface area contributed by atoms with Crippen molar-refractivity contribution in [1.29, 1.82) is 0 Å². The zero-order valence-electron chi connectivity index (χ0n) is 18.4. The average molecular weight is 495 g/mol. The number of carbonyl (C=O) groups is 2. The van der Waals surface area contributed by atoms with E-state index in [1.54, 1.807) is 42.6 Å². The van der Waals surface area contributed by atoms with Crippen LogP contribution in [0, 0.1) is 0 Å². The van der Waals surface area contributed by atoms with Crippen molar-refractivity contribution in [1.82, 2.24) is 25.2 Å². The molecule has 0 unspecified atom stereocenters. The van der Waals surface area contributed by atoms with Gasteiger partial charge < -0.3 is 15.5 Å². The summed E-state index contributed by atoms with van der Waals surface area (Å²) in [6.45, 7) is 2.11. The van der Waals surface area contributed by atoms with Crippen LogP contribution in [-0.4, -0.2) is 55.8 Å².